The monoisotopic (exact) mass is 270 g/mol. The van der Waals surface area contributed by atoms with E-state index in [9.17, 15) is 4.79 Å². The molecule has 0 fully saturated rings. The first-order valence-corrected chi connectivity index (χ1v) is 6.06. The molecule has 0 atom stereocenters. The van der Waals surface area contributed by atoms with Crippen molar-refractivity contribution in [3.63, 3.8) is 0 Å². The number of hydrogen-bond donors (Lipinski definition) is 2. The summed E-state index contributed by atoms with van der Waals surface area (Å²) in [5.41, 5.74) is 1.18. The third-order valence-corrected chi connectivity index (χ3v) is 2.62. The highest BCUT2D eigenvalue weighted by Crippen LogP contribution is 2.20. The minimum atomic E-state index is -1.89. The van der Waals surface area contributed by atoms with E-state index in [1.54, 1.807) is 54.6 Å². The van der Waals surface area contributed by atoms with Crippen molar-refractivity contribution in [3.05, 3.63) is 71.8 Å². The molecule has 2 rings (SSSR count). The van der Waals surface area contributed by atoms with Crippen molar-refractivity contribution >= 4 is 11.9 Å². The van der Waals surface area contributed by atoms with Crippen LogP contribution in [0.5, 0.6) is 5.75 Å². The fourth-order valence-corrected chi connectivity index (χ4v) is 1.70. The Labute approximate surface area is 116 Å². The molecule has 2 aromatic rings. The van der Waals surface area contributed by atoms with Crippen molar-refractivity contribution < 1.29 is 19.7 Å². The number of carbonyl (C=O) groups excluding carboxylic acids is 1. The van der Waals surface area contributed by atoms with E-state index in [1.165, 1.54) is 6.08 Å². The van der Waals surface area contributed by atoms with Crippen LogP contribution in [0.2, 0.25) is 0 Å². The minimum absolute atomic E-state index is 0.134. The van der Waals surface area contributed by atoms with Crippen LogP contribution in [-0.2, 0) is 0 Å². The number of ether oxygens (including phenoxy) is 1. The Morgan fingerprint density at radius 1 is 1.00 bits per heavy atom. The zero-order chi connectivity index (χ0) is 14.4. The maximum Gasteiger partial charge on any atom is 0.310 e. The molecule has 4 heteroatoms. The lowest BCUT2D eigenvalue weighted by molar-refractivity contribution is -0.179. The van der Waals surface area contributed by atoms with Gasteiger partial charge in [0.1, 0.15) is 5.75 Å². The van der Waals surface area contributed by atoms with E-state index in [4.69, 9.17) is 14.9 Å². The van der Waals surface area contributed by atoms with Gasteiger partial charge in [0.15, 0.2) is 5.78 Å². The Balaban J connectivity index is 2.17. The normalized spacial score (nSPS) is 10.9. The van der Waals surface area contributed by atoms with Gasteiger partial charge in [0, 0.05) is 11.1 Å². The van der Waals surface area contributed by atoms with Gasteiger partial charge < -0.3 is 14.9 Å². The first-order chi connectivity index (χ1) is 9.66. The first-order valence-electron chi connectivity index (χ1n) is 6.06. The summed E-state index contributed by atoms with van der Waals surface area (Å²) < 4.78 is 4.83. The molecule has 0 radical (unpaired) electrons. The summed E-state index contributed by atoms with van der Waals surface area (Å²) in [4.78, 5) is 11.9. The number of aliphatic hydroxyl groups is 2. The molecule has 0 unspecified atom stereocenters. The lowest BCUT2D eigenvalue weighted by atomic mass is 10.1. The SMILES string of the molecule is O=C(C=Cc1ccccc1OC(O)O)c1ccccc1. The Bertz CT molecular complexity index is 603. The largest absolute Gasteiger partial charge is 0.441 e. The van der Waals surface area contributed by atoms with Gasteiger partial charge in [-0.3, -0.25) is 4.79 Å². The van der Waals surface area contributed by atoms with E-state index in [1.807, 2.05) is 6.07 Å². The van der Waals surface area contributed by atoms with Crippen LogP contribution >= 0.6 is 0 Å². The number of carbonyl (C=O) groups is 1. The van der Waals surface area contributed by atoms with Gasteiger partial charge in [0.25, 0.3) is 0 Å². The highest BCUT2D eigenvalue weighted by Gasteiger charge is 2.05. The summed E-state index contributed by atoms with van der Waals surface area (Å²) in [6.45, 7) is -1.89. The molecule has 0 heterocycles. The second-order valence-electron chi connectivity index (χ2n) is 4.05. The second-order valence-corrected chi connectivity index (χ2v) is 4.05. The van der Waals surface area contributed by atoms with E-state index in [2.05, 4.69) is 0 Å². The summed E-state index contributed by atoms with van der Waals surface area (Å²) in [6, 6.07) is 15.7. The van der Waals surface area contributed by atoms with Crippen molar-refractivity contribution in [2.45, 2.75) is 6.48 Å². The Morgan fingerprint density at radius 3 is 2.35 bits per heavy atom. The summed E-state index contributed by atoms with van der Waals surface area (Å²) in [5, 5.41) is 17.7. The molecule has 4 nitrogen and oxygen atoms in total. The molecular weight excluding hydrogens is 256 g/mol. The highest BCUT2D eigenvalue weighted by atomic mass is 16.7. The van der Waals surface area contributed by atoms with Crippen LogP contribution in [0.15, 0.2) is 60.7 Å². The number of para-hydroxylation sites is 1. The molecule has 20 heavy (non-hydrogen) atoms. The van der Waals surface area contributed by atoms with Crippen LogP contribution in [0.25, 0.3) is 6.08 Å². The molecule has 0 saturated carbocycles. The predicted molar refractivity (Wildman–Crippen MR) is 75.1 cm³/mol. The Hall–Kier alpha value is -2.43. The molecule has 0 aliphatic carbocycles. The third-order valence-electron chi connectivity index (χ3n) is 2.62. The van der Waals surface area contributed by atoms with Crippen molar-refractivity contribution in [3.8, 4) is 5.75 Å². The number of allylic oxidation sites excluding steroid dienone is 1. The quantitative estimate of drug-likeness (QED) is 0.496. The zero-order valence-electron chi connectivity index (χ0n) is 10.6. The first kappa shape index (κ1) is 14.0. The van der Waals surface area contributed by atoms with Crippen LogP contribution < -0.4 is 4.74 Å². The van der Waals surface area contributed by atoms with Gasteiger partial charge in [0.05, 0.1) is 0 Å². The van der Waals surface area contributed by atoms with E-state index in [-0.39, 0.29) is 5.78 Å². The Kier molecular flexibility index (Phi) is 4.65. The number of hydrogen-bond acceptors (Lipinski definition) is 4. The highest BCUT2D eigenvalue weighted by molar-refractivity contribution is 6.06. The van der Waals surface area contributed by atoms with Crippen molar-refractivity contribution in [2.24, 2.45) is 0 Å². The summed E-state index contributed by atoms with van der Waals surface area (Å²) in [6.07, 6.45) is 2.99. The fourth-order valence-electron chi connectivity index (χ4n) is 1.70. The molecule has 2 N–H and O–H groups in total. The molecule has 0 bridgehead atoms. The molecule has 0 amide bonds. The van der Waals surface area contributed by atoms with Gasteiger partial charge in [-0.25, -0.2) is 0 Å². The maximum atomic E-state index is 11.9. The molecule has 0 aliphatic heterocycles. The van der Waals surface area contributed by atoms with Crippen LogP contribution in [-0.4, -0.2) is 22.5 Å². The predicted octanol–water partition coefficient (Wildman–Crippen LogP) is 2.23. The van der Waals surface area contributed by atoms with E-state index < -0.39 is 6.48 Å². The van der Waals surface area contributed by atoms with Gasteiger partial charge in [-0.2, -0.15) is 0 Å². The minimum Gasteiger partial charge on any atom is -0.441 e. The Morgan fingerprint density at radius 2 is 1.65 bits per heavy atom. The van der Waals surface area contributed by atoms with E-state index >= 15 is 0 Å². The van der Waals surface area contributed by atoms with Crippen molar-refractivity contribution in [1.29, 1.82) is 0 Å². The van der Waals surface area contributed by atoms with Gasteiger partial charge in [-0.15, -0.1) is 0 Å². The van der Waals surface area contributed by atoms with Crippen LogP contribution in [0.1, 0.15) is 15.9 Å². The van der Waals surface area contributed by atoms with Crippen LogP contribution in [0.4, 0.5) is 0 Å². The maximum absolute atomic E-state index is 11.9. The third kappa shape index (κ3) is 3.78. The van der Waals surface area contributed by atoms with E-state index in [0.717, 1.165) is 0 Å². The van der Waals surface area contributed by atoms with Gasteiger partial charge in [-0.1, -0.05) is 48.5 Å². The van der Waals surface area contributed by atoms with Crippen LogP contribution in [0, 0.1) is 0 Å². The second kappa shape index (κ2) is 6.65. The number of aliphatic hydroxyl groups excluding tert-OH is 1. The number of rotatable bonds is 5. The van der Waals surface area contributed by atoms with Gasteiger partial charge in [0.2, 0.25) is 0 Å². The van der Waals surface area contributed by atoms with E-state index in [0.29, 0.717) is 16.9 Å². The zero-order valence-corrected chi connectivity index (χ0v) is 10.6. The van der Waals surface area contributed by atoms with Crippen molar-refractivity contribution in [2.75, 3.05) is 0 Å². The van der Waals surface area contributed by atoms with Crippen LogP contribution in [0.3, 0.4) is 0 Å². The smallest absolute Gasteiger partial charge is 0.310 e. The fraction of sp³-hybridized carbons (Fsp3) is 0.0625. The number of ketones is 1. The molecular formula is C16H14O4. The molecule has 2 aromatic carbocycles. The average Bonchev–Trinajstić information content (AvgIpc) is 2.46. The van der Waals surface area contributed by atoms with Crippen molar-refractivity contribution in [1.82, 2.24) is 0 Å². The summed E-state index contributed by atoms with van der Waals surface area (Å²) >= 11 is 0. The molecule has 0 spiro atoms. The topological polar surface area (TPSA) is 66.8 Å². The summed E-state index contributed by atoms with van der Waals surface area (Å²) in [5.74, 6) is 0.157. The molecule has 102 valence electrons. The van der Waals surface area contributed by atoms with Gasteiger partial charge >= 0.3 is 6.48 Å². The standard InChI is InChI=1S/C16H14O4/c17-14(12-6-2-1-3-7-12)11-10-13-8-4-5-9-15(13)20-16(18)19/h1-11,16,18-19H. The molecule has 0 aromatic heterocycles. The lowest BCUT2D eigenvalue weighted by Gasteiger charge is -2.09. The number of benzene rings is 2. The molecule has 0 aliphatic rings. The average molecular weight is 270 g/mol. The summed E-state index contributed by atoms with van der Waals surface area (Å²) in [7, 11) is 0. The lowest BCUT2D eigenvalue weighted by Crippen LogP contribution is -2.14. The van der Waals surface area contributed by atoms with Gasteiger partial charge in [-0.05, 0) is 18.2 Å². The molecule has 0 saturated heterocycles.